The van der Waals surface area contributed by atoms with Crippen LogP contribution in [-0.2, 0) is 66.3 Å². The van der Waals surface area contributed by atoms with Crippen LogP contribution in [0.25, 0.3) is 0 Å². The number of benzene rings is 6. The van der Waals surface area contributed by atoms with Crippen molar-refractivity contribution in [3.05, 3.63) is 191 Å². The van der Waals surface area contributed by atoms with Gasteiger partial charge in [-0.25, -0.2) is 0 Å². The van der Waals surface area contributed by atoms with Gasteiger partial charge < -0.3 is 47.1 Å². The van der Waals surface area contributed by atoms with Gasteiger partial charge in [0.15, 0.2) is 6.29 Å². The van der Waals surface area contributed by atoms with Crippen molar-refractivity contribution in [2.45, 2.75) is 164 Å². The summed E-state index contributed by atoms with van der Waals surface area (Å²) in [5.74, 6) is 1.01. The molecular formula is C66H80O11SSi. The molecule has 4 saturated heterocycles. The van der Waals surface area contributed by atoms with E-state index in [1.807, 2.05) is 60.7 Å². The summed E-state index contributed by atoms with van der Waals surface area (Å²) in [4.78, 5) is 0.844. The second-order valence-electron chi connectivity index (χ2n) is 22.9. The maximum absolute atomic E-state index is 14.9. The van der Waals surface area contributed by atoms with Gasteiger partial charge in [-0.2, -0.15) is 0 Å². The molecule has 0 aromatic heterocycles. The molecule has 0 amide bonds. The van der Waals surface area contributed by atoms with E-state index in [0.717, 1.165) is 44.0 Å². The third kappa shape index (κ3) is 13.7. The number of methoxy groups -OCH3 is 1. The summed E-state index contributed by atoms with van der Waals surface area (Å²) in [6, 6.07) is 54.0. The van der Waals surface area contributed by atoms with Crippen LogP contribution < -0.4 is 15.1 Å². The monoisotopic (exact) mass is 1110 g/mol. The number of hydrogen-bond donors (Lipinski definition) is 0. The van der Waals surface area contributed by atoms with Crippen LogP contribution in [0.3, 0.4) is 0 Å². The molecule has 6 aromatic rings. The summed E-state index contributed by atoms with van der Waals surface area (Å²) in [6.45, 7) is 15.3. The Hall–Kier alpha value is -4.87. The van der Waals surface area contributed by atoms with Gasteiger partial charge in [-0.1, -0.05) is 172 Å². The second-order valence-corrected chi connectivity index (χ2v) is 28.6. The lowest BCUT2D eigenvalue weighted by Crippen LogP contribution is -2.66. The highest BCUT2D eigenvalue weighted by atomic mass is 32.2. The summed E-state index contributed by atoms with van der Waals surface area (Å²) in [5, 5.41) is 2.22. The van der Waals surface area contributed by atoms with Gasteiger partial charge in [0, 0.05) is 42.9 Å². The molecule has 0 aliphatic carbocycles. The number of fused-ring (bicyclic) bond motifs is 2. The Morgan fingerprint density at radius 3 is 1.68 bits per heavy atom. The van der Waals surface area contributed by atoms with E-state index in [2.05, 4.69) is 139 Å². The van der Waals surface area contributed by atoms with Gasteiger partial charge in [0.05, 0.1) is 98.4 Å². The molecule has 10 rings (SSSR count). The Morgan fingerprint density at radius 1 is 0.582 bits per heavy atom. The molecule has 420 valence electrons. The average Bonchev–Trinajstić information content (AvgIpc) is 3.64. The fourth-order valence-corrected chi connectivity index (χ4v) is 18.6. The van der Waals surface area contributed by atoms with Crippen molar-refractivity contribution in [1.29, 1.82) is 0 Å². The lowest BCUT2D eigenvalue weighted by atomic mass is 9.89. The first-order valence-electron chi connectivity index (χ1n) is 28.4. The van der Waals surface area contributed by atoms with E-state index in [0.29, 0.717) is 65.1 Å². The zero-order valence-electron chi connectivity index (χ0n) is 47.0. The van der Waals surface area contributed by atoms with E-state index in [9.17, 15) is 4.21 Å². The zero-order valence-corrected chi connectivity index (χ0v) is 48.9. The largest absolute Gasteiger partial charge is 0.497 e. The third-order valence-corrected chi connectivity index (χ3v) is 23.0. The van der Waals surface area contributed by atoms with Crippen molar-refractivity contribution in [3.8, 4) is 5.75 Å². The number of hydrogen-bond acceptors (Lipinski definition) is 11. The van der Waals surface area contributed by atoms with Crippen molar-refractivity contribution in [2.75, 3.05) is 32.7 Å². The first-order chi connectivity index (χ1) is 38.3. The molecule has 79 heavy (non-hydrogen) atoms. The fourth-order valence-electron chi connectivity index (χ4n) is 12.4. The van der Waals surface area contributed by atoms with Crippen LogP contribution in [0, 0.1) is 20.8 Å². The molecule has 0 unspecified atom stereocenters. The van der Waals surface area contributed by atoms with E-state index >= 15 is 0 Å². The predicted molar refractivity (Wildman–Crippen MR) is 311 cm³/mol. The minimum Gasteiger partial charge on any atom is -0.497 e. The van der Waals surface area contributed by atoms with Crippen LogP contribution in [0.2, 0.25) is 5.04 Å². The minimum absolute atomic E-state index is 0.212. The molecule has 0 N–H and O–H groups in total. The first kappa shape index (κ1) is 57.4. The van der Waals surface area contributed by atoms with E-state index in [4.69, 9.17) is 47.1 Å². The molecule has 11 nitrogen and oxygen atoms in total. The van der Waals surface area contributed by atoms with Crippen molar-refractivity contribution in [3.63, 3.8) is 0 Å². The summed E-state index contributed by atoms with van der Waals surface area (Å²) in [5.41, 5.74) is 6.26. The number of rotatable bonds is 21. The number of ether oxygens (including phenoxy) is 9. The molecule has 4 heterocycles. The van der Waals surface area contributed by atoms with Gasteiger partial charge in [0.2, 0.25) is 0 Å². The molecule has 4 fully saturated rings. The molecular weight excluding hydrogens is 1030 g/mol. The standard InChI is InChI=1S/C66H80O11SSi/c1-45-36-46(2)64(47(3)37-45)78(67)44-63-61(40-59-58(76-63)38-56(70-42-49-22-14-9-15-23-49)54(73-59)32-34-69-41-48-20-12-8-13-21-48)75-57-39-60-62(43-71-65(77-60)50-28-30-51(68-7)31-29-50)74-55(57)33-35-72-79(66(4,5)6,52-24-16-10-17-25-52)53-26-18-11-19-27-53/h8-31,36-37,54-63,65H,32-35,38-44H2,1-7H3/t54-,55-,56+,57-,58-,59+,60-,61-,62+,63+,65+,78+/m0/s1. The van der Waals surface area contributed by atoms with Gasteiger partial charge in [0.25, 0.3) is 8.32 Å². The first-order valence-corrected chi connectivity index (χ1v) is 31.6. The Morgan fingerprint density at radius 2 is 1.09 bits per heavy atom. The maximum atomic E-state index is 14.9. The van der Waals surface area contributed by atoms with Crippen LogP contribution in [0.1, 0.15) is 92.5 Å². The maximum Gasteiger partial charge on any atom is 0.261 e. The molecule has 12 atom stereocenters. The number of aryl methyl sites for hydroxylation is 3. The molecule has 0 saturated carbocycles. The summed E-state index contributed by atoms with van der Waals surface area (Å²) >= 11 is 0. The summed E-state index contributed by atoms with van der Waals surface area (Å²) < 4.78 is 83.4. The van der Waals surface area contributed by atoms with Crippen LogP contribution in [0.15, 0.2) is 163 Å². The molecule has 4 aliphatic rings. The normalized spacial score (nSPS) is 26.6. The van der Waals surface area contributed by atoms with Gasteiger partial charge in [-0.3, -0.25) is 4.21 Å². The van der Waals surface area contributed by atoms with Crippen molar-refractivity contribution in [2.24, 2.45) is 0 Å². The third-order valence-electron chi connectivity index (χ3n) is 16.2. The van der Waals surface area contributed by atoms with Crippen LogP contribution in [0.4, 0.5) is 0 Å². The van der Waals surface area contributed by atoms with Gasteiger partial charge in [0.1, 0.15) is 11.9 Å². The smallest absolute Gasteiger partial charge is 0.261 e. The lowest BCUT2D eigenvalue weighted by Gasteiger charge is -2.50. The van der Waals surface area contributed by atoms with Crippen LogP contribution in [-0.4, -0.2) is 106 Å². The second kappa shape index (κ2) is 26.4. The van der Waals surface area contributed by atoms with Crippen molar-refractivity contribution in [1.82, 2.24) is 0 Å². The van der Waals surface area contributed by atoms with Gasteiger partial charge in [-0.15, -0.1) is 0 Å². The Labute approximate surface area is 472 Å². The predicted octanol–water partition coefficient (Wildman–Crippen LogP) is 11.2. The molecule has 0 radical (unpaired) electrons. The molecule has 4 aliphatic heterocycles. The van der Waals surface area contributed by atoms with E-state index in [-0.39, 0.29) is 47.4 Å². The van der Waals surface area contributed by atoms with Crippen LogP contribution >= 0.6 is 0 Å². The van der Waals surface area contributed by atoms with Crippen molar-refractivity contribution < 1.29 is 51.3 Å². The quantitative estimate of drug-likeness (QED) is 0.0508. The van der Waals surface area contributed by atoms with E-state index < -0.39 is 49.8 Å². The highest BCUT2D eigenvalue weighted by molar-refractivity contribution is 7.85. The molecule has 13 heteroatoms. The SMILES string of the molecule is COc1ccc([C@@H]2OC[C@H]3O[C@@H](CCO[Si](c4ccccc4)(c4ccccc4)C(C)(C)C)[C@@H](O[C@H]4C[C@H]5O[C@@H](CCOCc6ccccc6)[C@H](OCc6ccccc6)C[C@@H]5O[C@@H]4C[S@@](=O)c4c(C)cc(C)cc4C)C[C@@H]3O2)cc1. The topological polar surface area (TPSA) is 109 Å². The lowest BCUT2D eigenvalue weighted by molar-refractivity contribution is -0.317. The highest BCUT2D eigenvalue weighted by Gasteiger charge is 2.52. The Kier molecular flexibility index (Phi) is 19.1. The van der Waals surface area contributed by atoms with Crippen LogP contribution in [0.5, 0.6) is 5.75 Å². The highest BCUT2D eigenvalue weighted by Crippen LogP contribution is 2.42. The van der Waals surface area contributed by atoms with E-state index in [1.165, 1.54) is 10.4 Å². The molecule has 0 spiro atoms. The summed E-state index contributed by atoms with van der Waals surface area (Å²) in [7, 11) is -2.64. The minimum atomic E-state index is -2.89. The summed E-state index contributed by atoms with van der Waals surface area (Å²) in [6.07, 6.45) is -1.45. The van der Waals surface area contributed by atoms with Gasteiger partial charge >= 0.3 is 0 Å². The Balaban J connectivity index is 0.948. The van der Waals surface area contributed by atoms with E-state index in [1.54, 1.807) is 7.11 Å². The fraction of sp³-hybridized carbons (Fsp3) is 0.455. The molecule has 6 aromatic carbocycles. The average molecular weight is 1110 g/mol. The van der Waals surface area contributed by atoms with Crippen molar-refractivity contribution >= 4 is 29.5 Å². The van der Waals surface area contributed by atoms with Gasteiger partial charge in [-0.05, 0) is 83.4 Å². The Bertz CT molecular complexity index is 2810. The molecule has 0 bridgehead atoms. The zero-order chi connectivity index (χ0) is 54.9.